The van der Waals surface area contributed by atoms with Crippen LogP contribution in [0.2, 0.25) is 5.02 Å². The summed E-state index contributed by atoms with van der Waals surface area (Å²) in [6.07, 6.45) is 2.42. The van der Waals surface area contributed by atoms with Gasteiger partial charge in [0.25, 0.3) is 5.91 Å². The minimum absolute atomic E-state index is 0.0846. The number of nitrogens with zero attached hydrogens (tertiary/aromatic N) is 1. The molecule has 1 aliphatic rings. The molecule has 1 unspecified atom stereocenters. The first kappa shape index (κ1) is 22.2. The highest BCUT2D eigenvalue weighted by Crippen LogP contribution is 2.20. The minimum atomic E-state index is -0.0846. The molecule has 1 heterocycles. The van der Waals surface area contributed by atoms with Gasteiger partial charge in [0.05, 0.1) is 13.0 Å². The number of carbonyl (C=O) groups is 2. The first-order valence-corrected chi connectivity index (χ1v) is 10.8. The third-order valence-corrected chi connectivity index (χ3v) is 5.41. The van der Waals surface area contributed by atoms with Crippen LogP contribution in [0.3, 0.4) is 0 Å². The summed E-state index contributed by atoms with van der Waals surface area (Å²) >= 11 is 5.92. The third kappa shape index (κ3) is 6.49. The molecular formula is C24H29ClN2O3. The summed E-state index contributed by atoms with van der Waals surface area (Å²) in [5.41, 5.74) is 1.59. The van der Waals surface area contributed by atoms with Crippen molar-refractivity contribution in [1.82, 2.24) is 10.2 Å². The van der Waals surface area contributed by atoms with Crippen molar-refractivity contribution in [2.75, 3.05) is 19.7 Å². The Morgan fingerprint density at radius 1 is 1.13 bits per heavy atom. The lowest BCUT2D eigenvalue weighted by molar-refractivity contribution is -0.132. The van der Waals surface area contributed by atoms with Crippen LogP contribution in [0.4, 0.5) is 0 Å². The highest BCUT2D eigenvalue weighted by molar-refractivity contribution is 6.30. The van der Waals surface area contributed by atoms with Crippen molar-refractivity contribution in [3.8, 4) is 5.75 Å². The molecule has 0 aromatic heterocycles. The second-order valence-corrected chi connectivity index (χ2v) is 8.55. The van der Waals surface area contributed by atoms with Gasteiger partial charge in [0.15, 0.2) is 0 Å². The van der Waals surface area contributed by atoms with Crippen LogP contribution >= 0.6 is 11.6 Å². The smallest absolute Gasteiger partial charge is 0.251 e. The third-order valence-electron chi connectivity index (χ3n) is 5.16. The van der Waals surface area contributed by atoms with Gasteiger partial charge in [0.1, 0.15) is 5.75 Å². The van der Waals surface area contributed by atoms with E-state index in [1.54, 1.807) is 12.1 Å². The molecule has 160 valence electrons. The summed E-state index contributed by atoms with van der Waals surface area (Å²) in [6.45, 7) is 5.93. The molecule has 30 heavy (non-hydrogen) atoms. The SMILES string of the molecule is CC(C)NC(=O)c1ccc(OCC2CCCN(C(=O)Cc3ccc(Cl)cc3)C2)cc1. The predicted molar refractivity (Wildman–Crippen MR) is 119 cm³/mol. The molecule has 1 aliphatic heterocycles. The van der Waals surface area contributed by atoms with Crippen molar-refractivity contribution >= 4 is 23.4 Å². The summed E-state index contributed by atoms with van der Waals surface area (Å²) in [4.78, 5) is 26.6. The minimum Gasteiger partial charge on any atom is -0.493 e. The van der Waals surface area contributed by atoms with Gasteiger partial charge in [-0.25, -0.2) is 0 Å². The summed E-state index contributed by atoms with van der Waals surface area (Å²) in [7, 11) is 0. The maximum Gasteiger partial charge on any atom is 0.251 e. The summed E-state index contributed by atoms with van der Waals surface area (Å²) < 4.78 is 5.94. The fourth-order valence-electron chi connectivity index (χ4n) is 3.58. The van der Waals surface area contributed by atoms with E-state index in [1.165, 1.54) is 0 Å². The molecule has 2 amide bonds. The van der Waals surface area contributed by atoms with Crippen molar-refractivity contribution < 1.29 is 14.3 Å². The van der Waals surface area contributed by atoms with E-state index in [9.17, 15) is 9.59 Å². The van der Waals surface area contributed by atoms with Crippen LogP contribution in [0, 0.1) is 5.92 Å². The molecule has 1 fully saturated rings. The van der Waals surface area contributed by atoms with E-state index in [0.717, 1.165) is 30.7 Å². The number of rotatable bonds is 7. The molecule has 0 radical (unpaired) electrons. The van der Waals surface area contributed by atoms with Crippen LogP contribution in [0.15, 0.2) is 48.5 Å². The van der Waals surface area contributed by atoms with Gasteiger partial charge in [-0.3, -0.25) is 9.59 Å². The molecule has 0 aliphatic carbocycles. The molecule has 5 nitrogen and oxygen atoms in total. The molecule has 1 N–H and O–H groups in total. The summed E-state index contributed by atoms with van der Waals surface area (Å²) in [5.74, 6) is 1.10. The number of hydrogen-bond acceptors (Lipinski definition) is 3. The van der Waals surface area contributed by atoms with Gasteiger partial charge in [-0.15, -0.1) is 0 Å². The van der Waals surface area contributed by atoms with E-state index in [4.69, 9.17) is 16.3 Å². The average Bonchev–Trinajstić information content (AvgIpc) is 2.74. The average molecular weight is 429 g/mol. The Labute approximate surface area is 183 Å². The summed E-state index contributed by atoms with van der Waals surface area (Å²) in [5, 5.41) is 3.55. The van der Waals surface area contributed by atoms with Crippen LogP contribution in [0.25, 0.3) is 0 Å². The lowest BCUT2D eigenvalue weighted by atomic mass is 9.98. The number of nitrogens with one attached hydrogen (secondary N) is 1. The zero-order valence-corrected chi connectivity index (χ0v) is 18.3. The Morgan fingerprint density at radius 3 is 2.50 bits per heavy atom. The fourth-order valence-corrected chi connectivity index (χ4v) is 3.70. The van der Waals surface area contributed by atoms with E-state index in [-0.39, 0.29) is 17.9 Å². The van der Waals surface area contributed by atoms with E-state index >= 15 is 0 Å². The van der Waals surface area contributed by atoms with Crippen molar-refractivity contribution in [2.45, 2.75) is 39.2 Å². The molecule has 1 saturated heterocycles. The molecule has 2 aromatic carbocycles. The highest BCUT2D eigenvalue weighted by Gasteiger charge is 2.24. The van der Waals surface area contributed by atoms with Crippen molar-refractivity contribution in [3.05, 3.63) is 64.7 Å². The molecular weight excluding hydrogens is 400 g/mol. The molecule has 0 saturated carbocycles. The Bertz CT molecular complexity index is 850. The van der Waals surface area contributed by atoms with Crippen molar-refractivity contribution in [2.24, 2.45) is 5.92 Å². The van der Waals surface area contributed by atoms with Gasteiger partial charge in [-0.2, -0.15) is 0 Å². The van der Waals surface area contributed by atoms with Crippen molar-refractivity contribution in [3.63, 3.8) is 0 Å². The lowest BCUT2D eigenvalue weighted by Crippen LogP contribution is -2.42. The zero-order chi connectivity index (χ0) is 21.5. The number of piperidine rings is 1. The molecule has 6 heteroatoms. The molecule has 3 rings (SSSR count). The first-order chi connectivity index (χ1) is 14.4. The van der Waals surface area contributed by atoms with Gasteiger partial charge in [-0.05, 0) is 68.7 Å². The van der Waals surface area contributed by atoms with Crippen LogP contribution < -0.4 is 10.1 Å². The Balaban J connectivity index is 1.48. The lowest BCUT2D eigenvalue weighted by Gasteiger charge is -2.32. The number of ether oxygens (including phenoxy) is 1. The number of hydrogen-bond donors (Lipinski definition) is 1. The van der Waals surface area contributed by atoms with Crippen LogP contribution in [-0.4, -0.2) is 42.5 Å². The predicted octanol–water partition coefficient (Wildman–Crippen LogP) is 4.34. The van der Waals surface area contributed by atoms with Gasteiger partial charge in [0, 0.05) is 35.6 Å². The maximum absolute atomic E-state index is 12.7. The second kappa shape index (κ2) is 10.5. The Hall–Kier alpha value is -2.53. The molecule has 1 atom stereocenters. The van der Waals surface area contributed by atoms with Gasteiger partial charge in [0.2, 0.25) is 5.91 Å². The van der Waals surface area contributed by atoms with E-state index in [0.29, 0.717) is 36.1 Å². The van der Waals surface area contributed by atoms with E-state index in [1.807, 2.05) is 55.1 Å². The normalized spacial score (nSPS) is 16.4. The monoisotopic (exact) mass is 428 g/mol. The number of carbonyl (C=O) groups excluding carboxylic acids is 2. The largest absolute Gasteiger partial charge is 0.493 e. The highest BCUT2D eigenvalue weighted by atomic mass is 35.5. The fraction of sp³-hybridized carbons (Fsp3) is 0.417. The van der Waals surface area contributed by atoms with Gasteiger partial charge in [-0.1, -0.05) is 23.7 Å². The van der Waals surface area contributed by atoms with Gasteiger partial charge >= 0.3 is 0 Å². The molecule has 2 aromatic rings. The number of amides is 2. The zero-order valence-electron chi connectivity index (χ0n) is 17.6. The van der Waals surface area contributed by atoms with Crippen LogP contribution in [-0.2, 0) is 11.2 Å². The number of halogens is 1. The van der Waals surface area contributed by atoms with Gasteiger partial charge < -0.3 is 15.0 Å². The second-order valence-electron chi connectivity index (χ2n) is 8.11. The topological polar surface area (TPSA) is 58.6 Å². The Morgan fingerprint density at radius 2 is 1.83 bits per heavy atom. The molecule has 0 spiro atoms. The maximum atomic E-state index is 12.7. The van der Waals surface area contributed by atoms with Crippen molar-refractivity contribution in [1.29, 1.82) is 0 Å². The van der Waals surface area contributed by atoms with Crippen LogP contribution in [0.1, 0.15) is 42.6 Å². The number of benzene rings is 2. The van der Waals surface area contributed by atoms with E-state index < -0.39 is 0 Å². The standard InChI is InChI=1S/C24H29ClN2O3/c1-17(2)26-24(29)20-7-11-22(12-8-20)30-16-19-4-3-13-27(15-19)23(28)14-18-5-9-21(25)10-6-18/h5-12,17,19H,3-4,13-16H2,1-2H3,(H,26,29). The quantitative estimate of drug-likeness (QED) is 0.713. The number of likely N-dealkylation sites (tertiary alicyclic amines) is 1. The molecule has 0 bridgehead atoms. The van der Waals surface area contributed by atoms with Crippen LogP contribution in [0.5, 0.6) is 5.75 Å². The first-order valence-electron chi connectivity index (χ1n) is 10.5. The Kier molecular flexibility index (Phi) is 7.75. The summed E-state index contributed by atoms with van der Waals surface area (Å²) in [6, 6.07) is 14.7. The van der Waals surface area contributed by atoms with E-state index in [2.05, 4.69) is 5.32 Å².